The molecule has 2 unspecified atom stereocenters. The number of nitrogens with zero attached hydrogens (tertiary/aromatic N) is 1. The first-order valence-electron chi connectivity index (χ1n) is 6.01. The Morgan fingerprint density at radius 2 is 2.12 bits per heavy atom. The molecule has 88 valence electrons. The Kier molecular flexibility index (Phi) is 2.69. The van der Waals surface area contributed by atoms with Gasteiger partial charge in [0, 0.05) is 18.0 Å². The van der Waals surface area contributed by atoms with Crippen molar-refractivity contribution in [2.45, 2.75) is 31.5 Å². The van der Waals surface area contributed by atoms with Crippen LogP contribution in [0.4, 0.5) is 0 Å². The number of aliphatic hydroxyl groups excluding tert-OH is 1. The fraction of sp³-hybridized carbons (Fsp3) is 0.357. The molecule has 0 saturated heterocycles. The predicted octanol–water partition coefficient (Wildman–Crippen LogP) is 2.53. The summed E-state index contributed by atoms with van der Waals surface area (Å²) in [6.45, 7) is 0. The lowest BCUT2D eigenvalue weighted by molar-refractivity contribution is 0.150. The SMILES string of the molecule is OC1CCC(Oc2cccc3ncccc23)C1. The first-order chi connectivity index (χ1) is 8.33. The van der Waals surface area contributed by atoms with Crippen LogP contribution in [0.2, 0.25) is 0 Å². The third kappa shape index (κ3) is 2.11. The fourth-order valence-electron chi connectivity index (χ4n) is 2.38. The zero-order valence-corrected chi connectivity index (χ0v) is 9.54. The molecule has 0 aliphatic heterocycles. The number of ether oxygens (including phenoxy) is 1. The molecule has 1 aliphatic carbocycles. The molecular formula is C14H15NO2. The van der Waals surface area contributed by atoms with Crippen LogP contribution in [-0.4, -0.2) is 22.3 Å². The maximum absolute atomic E-state index is 9.50. The maximum atomic E-state index is 9.50. The van der Waals surface area contributed by atoms with Gasteiger partial charge in [0.1, 0.15) is 11.9 Å². The van der Waals surface area contributed by atoms with Gasteiger partial charge in [-0.1, -0.05) is 6.07 Å². The Bertz CT molecular complexity index is 521. The minimum Gasteiger partial charge on any atom is -0.490 e. The van der Waals surface area contributed by atoms with E-state index in [0.717, 1.165) is 35.9 Å². The molecule has 17 heavy (non-hydrogen) atoms. The highest BCUT2D eigenvalue weighted by Gasteiger charge is 2.24. The summed E-state index contributed by atoms with van der Waals surface area (Å²) in [5.41, 5.74) is 0.948. The molecule has 0 bridgehead atoms. The van der Waals surface area contributed by atoms with Crippen molar-refractivity contribution < 1.29 is 9.84 Å². The minimum atomic E-state index is -0.201. The molecule has 1 aliphatic rings. The third-order valence-corrected chi connectivity index (χ3v) is 3.26. The first-order valence-corrected chi connectivity index (χ1v) is 6.01. The molecule has 1 fully saturated rings. The zero-order valence-electron chi connectivity index (χ0n) is 9.54. The molecule has 3 heteroatoms. The second-order valence-corrected chi connectivity index (χ2v) is 4.53. The van der Waals surface area contributed by atoms with Crippen molar-refractivity contribution >= 4 is 10.9 Å². The molecule has 0 spiro atoms. The van der Waals surface area contributed by atoms with E-state index in [2.05, 4.69) is 4.98 Å². The highest BCUT2D eigenvalue weighted by Crippen LogP contribution is 2.29. The van der Waals surface area contributed by atoms with Gasteiger partial charge in [-0.05, 0) is 37.1 Å². The summed E-state index contributed by atoms with van der Waals surface area (Å²) in [4.78, 5) is 4.30. The van der Waals surface area contributed by atoms with E-state index in [1.165, 1.54) is 0 Å². The average molecular weight is 229 g/mol. The van der Waals surface area contributed by atoms with Crippen molar-refractivity contribution in [2.75, 3.05) is 0 Å². The summed E-state index contributed by atoms with van der Waals surface area (Å²) in [6, 6.07) is 9.83. The van der Waals surface area contributed by atoms with E-state index in [1.807, 2.05) is 30.3 Å². The zero-order chi connectivity index (χ0) is 11.7. The van der Waals surface area contributed by atoms with Crippen molar-refractivity contribution in [1.82, 2.24) is 4.98 Å². The monoisotopic (exact) mass is 229 g/mol. The van der Waals surface area contributed by atoms with Gasteiger partial charge in [0.15, 0.2) is 0 Å². The van der Waals surface area contributed by atoms with Crippen LogP contribution >= 0.6 is 0 Å². The highest BCUT2D eigenvalue weighted by molar-refractivity contribution is 5.84. The van der Waals surface area contributed by atoms with E-state index in [4.69, 9.17) is 4.74 Å². The number of hydrogen-bond acceptors (Lipinski definition) is 3. The van der Waals surface area contributed by atoms with Gasteiger partial charge in [-0.25, -0.2) is 0 Å². The van der Waals surface area contributed by atoms with Crippen LogP contribution in [0.5, 0.6) is 5.75 Å². The summed E-state index contributed by atoms with van der Waals surface area (Å²) in [5, 5.41) is 10.5. The second-order valence-electron chi connectivity index (χ2n) is 4.53. The normalized spacial score (nSPS) is 24.1. The number of benzene rings is 1. The van der Waals surface area contributed by atoms with Crippen LogP contribution < -0.4 is 4.74 Å². The molecule has 1 N–H and O–H groups in total. The standard InChI is InChI=1S/C14H15NO2/c16-10-6-7-11(9-10)17-14-5-1-4-13-12(14)3-2-8-15-13/h1-5,8,10-11,16H,6-7,9H2. The van der Waals surface area contributed by atoms with Crippen LogP contribution in [0.25, 0.3) is 10.9 Å². The largest absolute Gasteiger partial charge is 0.490 e. The Morgan fingerprint density at radius 3 is 2.94 bits per heavy atom. The van der Waals surface area contributed by atoms with Gasteiger partial charge in [-0.15, -0.1) is 0 Å². The average Bonchev–Trinajstić information content (AvgIpc) is 2.75. The van der Waals surface area contributed by atoms with Gasteiger partial charge < -0.3 is 9.84 Å². The molecule has 1 heterocycles. The van der Waals surface area contributed by atoms with Crippen LogP contribution in [0.15, 0.2) is 36.5 Å². The Labute approximate surface area is 100 Å². The molecule has 2 aromatic rings. The van der Waals surface area contributed by atoms with E-state index < -0.39 is 0 Å². The van der Waals surface area contributed by atoms with Gasteiger partial charge >= 0.3 is 0 Å². The number of fused-ring (bicyclic) bond motifs is 1. The van der Waals surface area contributed by atoms with Crippen LogP contribution in [-0.2, 0) is 0 Å². The molecular weight excluding hydrogens is 214 g/mol. The lowest BCUT2D eigenvalue weighted by Crippen LogP contribution is -2.13. The Balaban J connectivity index is 1.90. The molecule has 3 rings (SSSR count). The van der Waals surface area contributed by atoms with Crippen molar-refractivity contribution in [1.29, 1.82) is 0 Å². The fourth-order valence-corrected chi connectivity index (χ4v) is 2.38. The summed E-state index contributed by atoms with van der Waals surface area (Å²) >= 11 is 0. The summed E-state index contributed by atoms with van der Waals surface area (Å²) in [5.74, 6) is 0.870. The highest BCUT2D eigenvalue weighted by atomic mass is 16.5. The molecule has 0 radical (unpaired) electrons. The van der Waals surface area contributed by atoms with Crippen molar-refractivity contribution in [3.8, 4) is 5.75 Å². The number of pyridine rings is 1. The second kappa shape index (κ2) is 4.34. The molecule has 3 nitrogen and oxygen atoms in total. The van der Waals surface area contributed by atoms with Gasteiger partial charge in [0.2, 0.25) is 0 Å². The van der Waals surface area contributed by atoms with Gasteiger partial charge in [0.25, 0.3) is 0 Å². The first kappa shape index (κ1) is 10.5. The Hall–Kier alpha value is -1.61. The summed E-state index contributed by atoms with van der Waals surface area (Å²) in [7, 11) is 0. The van der Waals surface area contributed by atoms with Gasteiger partial charge in [-0.3, -0.25) is 4.98 Å². The molecule has 1 aromatic carbocycles. The van der Waals surface area contributed by atoms with E-state index in [9.17, 15) is 5.11 Å². The van der Waals surface area contributed by atoms with Crippen molar-refractivity contribution in [2.24, 2.45) is 0 Å². The van der Waals surface area contributed by atoms with E-state index >= 15 is 0 Å². The third-order valence-electron chi connectivity index (χ3n) is 3.26. The number of aliphatic hydroxyl groups is 1. The van der Waals surface area contributed by atoms with E-state index in [0.29, 0.717) is 0 Å². The minimum absolute atomic E-state index is 0.135. The topological polar surface area (TPSA) is 42.4 Å². The molecule has 2 atom stereocenters. The van der Waals surface area contributed by atoms with Gasteiger partial charge in [-0.2, -0.15) is 0 Å². The molecule has 0 amide bonds. The maximum Gasteiger partial charge on any atom is 0.129 e. The van der Waals surface area contributed by atoms with E-state index in [-0.39, 0.29) is 12.2 Å². The van der Waals surface area contributed by atoms with Crippen LogP contribution in [0.3, 0.4) is 0 Å². The Morgan fingerprint density at radius 1 is 1.18 bits per heavy atom. The van der Waals surface area contributed by atoms with Crippen molar-refractivity contribution in [3.05, 3.63) is 36.5 Å². The lowest BCUT2D eigenvalue weighted by atomic mass is 10.2. The van der Waals surface area contributed by atoms with Gasteiger partial charge in [0.05, 0.1) is 11.6 Å². The summed E-state index contributed by atoms with van der Waals surface area (Å²) < 4.78 is 5.96. The number of aromatic nitrogens is 1. The lowest BCUT2D eigenvalue weighted by Gasteiger charge is -2.14. The van der Waals surface area contributed by atoms with Crippen LogP contribution in [0, 0.1) is 0 Å². The smallest absolute Gasteiger partial charge is 0.129 e. The predicted molar refractivity (Wildman–Crippen MR) is 66.0 cm³/mol. The molecule has 1 saturated carbocycles. The van der Waals surface area contributed by atoms with Crippen LogP contribution in [0.1, 0.15) is 19.3 Å². The van der Waals surface area contributed by atoms with E-state index in [1.54, 1.807) is 6.20 Å². The van der Waals surface area contributed by atoms with Crippen molar-refractivity contribution in [3.63, 3.8) is 0 Å². The number of rotatable bonds is 2. The molecule has 1 aromatic heterocycles. The number of hydrogen-bond donors (Lipinski definition) is 1. The summed E-state index contributed by atoms with van der Waals surface area (Å²) in [6.07, 6.45) is 4.22. The quantitative estimate of drug-likeness (QED) is 0.860.